The van der Waals surface area contributed by atoms with Crippen LogP contribution >= 0.6 is 0 Å². The summed E-state index contributed by atoms with van der Waals surface area (Å²) >= 11 is 0. The maximum Gasteiger partial charge on any atom is 0.416 e. The SMILES string of the molecule is O=S(=O)(O)c1cc(C(F)(F)F)cc(C2CCCCC2)c1F. The number of hydrogen-bond acceptors (Lipinski definition) is 2. The zero-order chi connectivity index (χ0) is 15.8. The van der Waals surface area contributed by atoms with E-state index in [1.165, 1.54) is 0 Å². The molecule has 21 heavy (non-hydrogen) atoms. The first-order chi connectivity index (χ1) is 9.60. The van der Waals surface area contributed by atoms with Crippen molar-refractivity contribution in [2.75, 3.05) is 0 Å². The molecule has 1 aliphatic carbocycles. The van der Waals surface area contributed by atoms with Crippen LogP contribution in [0, 0.1) is 5.82 Å². The van der Waals surface area contributed by atoms with E-state index in [0.717, 1.165) is 19.3 Å². The largest absolute Gasteiger partial charge is 0.416 e. The summed E-state index contributed by atoms with van der Waals surface area (Å²) in [5, 5.41) is 0. The Kier molecular flexibility index (Phi) is 4.30. The van der Waals surface area contributed by atoms with Crippen molar-refractivity contribution in [2.45, 2.75) is 49.1 Å². The Morgan fingerprint density at radius 1 is 1.10 bits per heavy atom. The van der Waals surface area contributed by atoms with Crippen LogP contribution in [0.3, 0.4) is 0 Å². The molecule has 0 aliphatic heterocycles. The van der Waals surface area contributed by atoms with E-state index in [9.17, 15) is 26.0 Å². The Balaban J connectivity index is 2.63. The summed E-state index contributed by atoms with van der Waals surface area (Å²) in [6.45, 7) is 0. The van der Waals surface area contributed by atoms with Crippen molar-refractivity contribution in [3.05, 3.63) is 29.1 Å². The lowest BCUT2D eigenvalue weighted by molar-refractivity contribution is -0.137. The number of hydrogen-bond donors (Lipinski definition) is 1. The molecule has 0 spiro atoms. The second kappa shape index (κ2) is 5.57. The summed E-state index contributed by atoms with van der Waals surface area (Å²) in [7, 11) is -5.05. The molecule has 0 saturated heterocycles. The summed E-state index contributed by atoms with van der Waals surface area (Å²) in [6, 6.07) is 0.789. The van der Waals surface area contributed by atoms with E-state index < -0.39 is 38.5 Å². The van der Waals surface area contributed by atoms with E-state index >= 15 is 0 Å². The standard InChI is InChI=1S/C13H14F4O3S/c14-12-10(8-4-2-1-3-5-8)6-9(13(15,16)17)7-11(12)21(18,19)20/h6-8H,1-5H2,(H,18,19,20). The van der Waals surface area contributed by atoms with Crippen molar-refractivity contribution in [3.63, 3.8) is 0 Å². The third-order valence-electron chi connectivity index (χ3n) is 3.72. The van der Waals surface area contributed by atoms with E-state index in [-0.39, 0.29) is 11.6 Å². The van der Waals surface area contributed by atoms with Crippen molar-refractivity contribution in [3.8, 4) is 0 Å². The van der Waals surface area contributed by atoms with Gasteiger partial charge in [-0.2, -0.15) is 21.6 Å². The first kappa shape index (κ1) is 16.2. The zero-order valence-electron chi connectivity index (χ0n) is 11.0. The molecule has 1 aliphatic rings. The molecule has 8 heteroatoms. The highest BCUT2D eigenvalue weighted by Crippen LogP contribution is 2.39. The van der Waals surface area contributed by atoms with Crippen LogP contribution in [0.4, 0.5) is 17.6 Å². The molecule has 1 aromatic rings. The highest BCUT2D eigenvalue weighted by atomic mass is 32.2. The molecule has 0 atom stereocenters. The second-order valence-corrected chi connectivity index (χ2v) is 6.58. The topological polar surface area (TPSA) is 54.4 Å². The normalized spacial score (nSPS) is 18.0. The molecule has 3 nitrogen and oxygen atoms in total. The Bertz CT molecular complexity index is 632. The lowest BCUT2D eigenvalue weighted by atomic mass is 9.83. The van der Waals surface area contributed by atoms with E-state index in [1.807, 2.05) is 0 Å². The van der Waals surface area contributed by atoms with Crippen LogP contribution in [0.1, 0.15) is 49.1 Å². The van der Waals surface area contributed by atoms with Crippen molar-refractivity contribution < 1.29 is 30.5 Å². The maximum atomic E-state index is 14.2. The van der Waals surface area contributed by atoms with Gasteiger partial charge in [-0.25, -0.2) is 4.39 Å². The fraction of sp³-hybridized carbons (Fsp3) is 0.538. The summed E-state index contributed by atoms with van der Waals surface area (Å²) < 4.78 is 83.9. The second-order valence-electron chi connectivity index (χ2n) is 5.19. The van der Waals surface area contributed by atoms with Crippen LogP contribution < -0.4 is 0 Å². The number of rotatable bonds is 2. The number of benzene rings is 1. The van der Waals surface area contributed by atoms with Gasteiger partial charge in [-0.05, 0) is 36.5 Å². The van der Waals surface area contributed by atoms with Gasteiger partial charge in [0.1, 0.15) is 10.7 Å². The third-order valence-corrected chi connectivity index (χ3v) is 4.57. The quantitative estimate of drug-likeness (QED) is 0.656. The predicted molar refractivity (Wildman–Crippen MR) is 67.0 cm³/mol. The van der Waals surface area contributed by atoms with Gasteiger partial charge < -0.3 is 0 Å². The van der Waals surface area contributed by atoms with E-state index in [0.29, 0.717) is 18.9 Å². The molecule has 1 fully saturated rings. The Morgan fingerprint density at radius 2 is 1.67 bits per heavy atom. The number of halogens is 4. The van der Waals surface area contributed by atoms with E-state index in [2.05, 4.69) is 0 Å². The van der Waals surface area contributed by atoms with Gasteiger partial charge in [0, 0.05) is 0 Å². The highest BCUT2D eigenvalue weighted by Gasteiger charge is 2.35. The van der Waals surface area contributed by atoms with Crippen LogP contribution in [0.5, 0.6) is 0 Å². The van der Waals surface area contributed by atoms with Crippen molar-refractivity contribution >= 4 is 10.1 Å². The molecule has 0 radical (unpaired) electrons. The maximum absolute atomic E-state index is 14.2. The molecule has 0 amide bonds. The Morgan fingerprint density at radius 3 is 2.14 bits per heavy atom. The van der Waals surface area contributed by atoms with Crippen molar-refractivity contribution in [1.82, 2.24) is 0 Å². The molecule has 1 aromatic carbocycles. The first-order valence-electron chi connectivity index (χ1n) is 6.49. The van der Waals surface area contributed by atoms with Gasteiger partial charge >= 0.3 is 6.18 Å². The highest BCUT2D eigenvalue weighted by molar-refractivity contribution is 7.85. The van der Waals surface area contributed by atoms with Crippen molar-refractivity contribution in [2.24, 2.45) is 0 Å². The van der Waals surface area contributed by atoms with Gasteiger partial charge in [0.2, 0.25) is 0 Å². The zero-order valence-corrected chi connectivity index (χ0v) is 11.8. The molecule has 0 aromatic heterocycles. The van der Waals surface area contributed by atoms with Crippen LogP contribution in [0.15, 0.2) is 17.0 Å². The molecule has 1 saturated carbocycles. The smallest absolute Gasteiger partial charge is 0.282 e. The molecular weight excluding hydrogens is 312 g/mol. The summed E-state index contributed by atoms with van der Waals surface area (Å²) in [6.07, 6.45) is -1.38. The minimum absolute atomic E-state index is 0.136. The minimum atomic E-state index is -5.05. The lowest BCUT2D eigenvalue weighted by Gasteiger charge is -2.24. The monoisotopic (exact) mass is 326 g/mol. The number of alkyl halides is 3. The third kappa shape index (κ3) is 3.55. The predicted octanol–water partition coefficient (Wildman–Crippen LogP) is 4.14. The van der Waals surface area contributed by atoms with Crippen LogP contribution in [-0.4, -0.2) is 13.0 Å². The van der Waals surface area contributed by atoms with Crippen LogP contribution in [0.2, 0.25) is 0 Å². The Labute approximate surface area is 119 Å². The average Bonchev–Trinajstić information content (AvgIpc) is 2.37. The van der Waals surface area contributed by atoms with Crippen molar-refractivity contribution in [1.29, 1.82) is 0 Å². The van der Waals surface area contributed by atoms with E-state index in [1.54, 1.807) is 0 Å². The van der Waals surface area contributed by atoms with Crippen LogP contribution in [-0.2, 0) is 16.3 Å². The molecule has 118 valence electrons. The van der Waals surface area contributed by atoms with Gasteiger partial charge in [-0.3, -0.25) is 4.55 Å². The summed E-state index contributed by atoms with van der Waals surface area (Å²) in [5.41, 5.74) is -1.55. The van der Waals surface area contributed by atoms with Gasteiger partial charge in [0.05, 0.1) is 5.56 Å². The van der Waals surface area contributed by atoms with Gasteiger partial charge in [-0.15, -0.1) is 0 Å². The Hall–Kier alpha value is -1.15. The average molecular weight is 326 g/mol. The first-order valence-corrected chi connectivity index (χ1v) is 7.93. The molecule has 0 bridgehead atoms. The molecular formula is C13H14F4O3S. The summed E-state index contributed by atoms with van der Waals surface area (Å²) in [5.74, 6) is -1.74. The molecule has 1 N–H and O–H groups in total. The van der Waals surface area contributed by atoms with Gasteiger partial charge in [-0.1, -0.05) is 19.3 Å². The van der Waals surface area contributed by atoms with Gasteiger partial charge in [0.15, 0.2) is 0 Å². The fourth-order valence-corrected chi connectivity index (χ4v) is 3.30. The minimum Gasteiger partial charge on any atom is -0.282 e. The lowest BCUT2D eigenvalue weighted by Crippen LogP contribution is -2.15. The summed E-state index contributed by atoms with van der Waals surface area (Å²) in [4.78, 5) is -1.31. The van der Waals surface area contributed by atoms with E-state index in [4.69, 9.17) is 4.55 Å². The van der Waals surface area contributed by atoms with Crippen LogP contribution in [0.25, 0.3) is 0 Å². The fourth-order valence-electron chi connectivity index (χ4n) is 2.68. The molecule has 0 heterocycles. The molecule has 0 unspecified atom stereocenters. The molecule has 2 rings (SSSR count). The van der Waals surface area contributed by atoms with Gasteiger partial charge in [0.25, 0.3) is 10.1 Å².